The number of halogens is 2. The van der Waals surface area contributed by atoms with E-state index in [0.717, 1.165) is 12.1 Å². The fourth-order valence-corrected chi connectivity index (χ4v) is 1.59. The number of aromatic nitrogens is 2. The van der Waals surface area contributed by atoms with Gasteiger partial charge in [0.1, 0.15) is 11.6 Å². The molecule has 0 radical (unpaired) electrons. The molecule has 18 heavy (non-hydrogen) atoms. The first-order chi connectivity index (χ1) is 8.49. The topological polar surface area (TPSA) is 57.8 Å². The van der Waals surface area contributed by atoms with Crippen LogP contribution in [0.3, 0.4) is 0 Å². The molecular formula is C12H11F2N3O. The van der Waals surface area contributed by atoms with Crippen molar-refractivity contribution >= 4 is 11.6 Å². The quantitative estimate of drug-likeness (QED) is 0.861. The molecule has 0 aliphatic heterocycles. The summed E-state index contributed by atoms with van der Waals surface area (Å²) in [4.78, 5) is 11.8. The van der Waals surface area contributed by atoms with Crippen LogP contribution < -0.4 is 5.32 Å². The maximum atomic E-state index is 13.4. The van der Waals surface area contributed by atoms with Crippen LogP contribution in [0.4, 0.5) is 14.5 Å². The Morgan fingerprint density at radius 2 is 2.06 bits per heavy atom. The van der Waals surface area contributed by atoms with E-state index >= 15 is 0 Å². The Morgan fingerprint density at radius 1 is 1.33 bits per heavy atom. The number of H-pyrrole nitrogens is 1. The molecule has 0 saturated heterocycles. The number of aryl methyl sites for hydroxylation is 2. The number of benzene rings is 1. The first-order valence-corrected chi connectivity index (χ1v) is 5.27. The molecule has 0 saturated carbocycles. The molecule has 0 unspecified atom stereocenters. The molecule has 0 spiro atoms. The van der Waals surface area contributed by atoms with Crippen LogP contribution in [0.2, 0.25) is 0 Å². The van der Waals surface area contributed by atoms with Crippen molar-refractivity contribution in [2.24, 2.45) is 0 Å². The lowest BCUT2D eigenvalue weighted by atomic mass is 10.2. The summed E-state index contributed by atoms with van der Waals surface area (Å²) in [6.45, 7) is 3.44. The largest absolute Gasteiger partial charge is 0.319 e. The SMILES string of the molecule is Cc1n[nH]c(C)c1NC(=O)c1ccc(F)cc1F. The number of carbonyl (C=O) groups excluding carboxylic acids is 1. The van der Waals surface area contributed by atoms with Crippen LogP contribution in [-0.2, 0) is 0 Å². The summed E-state index contributed by atoms with van der Waals surface area (Å²) in [6, 6.07) is 2.81. The van der Waals surface area contributed by atoms with Crippen molar-refractivity contribution < 1.29 is 13.6 Å². The van der Waals surface area contributed by atoms with Crippen molar-refractivity contribution in [3.8, 4) is 0 Å². The zero-order chi connectivity index (χ0) is 13.3. The van der Waals surface area contributed by atoms with Crippen molar-refractivity contribution in [3.63, 3.8) is 0 Å². The van der Waals surface area contributed by atoms with E-state index in [2.05, 4.69) is 15.5 Å². The van der Waals surface area contributed by atoms with Crippen molar-refractivity contribution in [1.29, 1.82) is 0 Å². The van der Waals surface area contributed by atoms with E-state index in [0.29, 0.717) is 23.1 Å². The van der Waals surface area contributed by atoms with Gasteiger partial charge in [0.05, 0.1) is 22.6 Å². The van der Waals surface area contributed by atoms with Gasteiger partial charge in [-0.3, -0.25) is 9.89 Å². The van der Waals surface area contributed by atoms with Crippen LogP contribution in [0.5, 0.6) is 0 Å². The molecule has 0 bridgehead atoms. The Balaban J connectivity index is 2.28. The van der Waals surface area contributed by atoms with Crippen LogP contribution in [0.15, 0.2) is 18.2 Å². The van der Waals surface area contributed by atoms with E-state index in [-0.39, 0.29) is 5.56 Å². The average Bonchev–Trinajstić information content (AvgIpc) is 2.60. The molecule has 0 atom stereocenters. The Morgan fingerprint density at radius 3 is 2.61 bits per heavy atom. The summed E-state index contributed by atoms with van der Waals surface area (Å²) in [7, 11) is 0. The second-order valence-electron chi connectivity index (χ2n) is 3.89. The molecule has 2 aromatic rings. The van der Waals surface area contributed by atoms with E-state index in [1.807, 2.05) is 0 Å². The van der Waals surface area contributed by atoms with Gasteiger partial charge >= 0.3 is 0 Å². The highest BCUT2D eigenvalue weighted by molar-refractivity contribution is 6.05. The molecule has 0 fully saturated rings. The molecule has 0 aliphatic carbocycles. The molecular weight excluding hydrogens is 240 g/mol. The Kier molecular flexibility index (Phi) is 3.10. The fraction of sp³-hybridized carbons (Fsp3) is 0.167. The lowest BCUT2D eigenvalue weighted by molar-refractivity contribution is 0.102. The molecule has 4 nitrogen and oxygen atoms in total. The van der Waals surface area contributed by atoms with Gasteiger partial charge in [-0.05, 0) is 26.0 Å². The maximum Gasteiger partial charge on any atom is 0.258 e. The van der Waals surface area contributed by atoms with Gasteiger partial charge in [0.15, 0.2) is 0 Å². The summed E-state index contributed by atoms with van der Waals surface area (Å²) < 4.78 is 26.1. The molecule has 1 heterocycles. The number of carbonyl (C=O) groups is 1. The Labute approximate surface area is 102 Å². The van der Waals surface area contributed by atoms with Gasteiger partial charge in [0, 0.05) is 6.07 Å². The highest BCUT2D eigenvalue weighted by Crippen LogP contribution is 2.18. The minimum absolute atomic E-state index is 0.212. The first kappa shape index (κ1) is 12.2. The number of hydrogen-bond donors (Lipinski definition) is 2. The van der Waals surface area contributed by atoms with Crippen molar-refractivity contribution in [2.75, 3.05) is 5.32 Å². The Hall–Kier alpha value is -2.24. The third-order valence-electron chi connectivity index (χ3n) is 2.54. The van der Waals surface area contributed by atoms with Crippen molar-refractivity contribution in [3.05, 3.63) is 46.8 Å². The van der Waals surface area contributed by atoms with E-state index in [4.69, 9.17) is 0 Å². The van der Waals surface area contributed by atoms with Crippen LogP contribution in [-0.4, -0.2) is 16.1 Å². The van der Waals surface area contributed by atoms with Crippen LogP contribution in [0, 0.1) is 25.5 Å². The standard InChI is InChI=1S/C12H11F2N3O/c1-6-11(7(2)17-16-6)15-12(18)9-4-3-8(13)5-10(9)14/h3-5H,1-2H3,(H,15,18)(H,16,17). The summed E-state index contributed by atoms with van der Waals surface area (Å²) in [5.74, 6) is -2.26. The third kappa shape index (κ3) is 2.22. The van der Waals surface area contributed by atoms with Gasteiger partial charge in [-0.1, -0.05) is 0 Å². The monoisotopic (exact) mass is 251 g/mol. The number of amides is 1. The summed E-state index contributed by atoms with van der Waals surface area (Å²) in [6.07, 6.45) is 0. The predicted molar refractivity (Wildman–Crippen MR) is 62.4 cm³/mol. The van der Waals surface area contributed by atoms with Gasteiger partial charge in [-0.15, -0.1) is 0 Å². The number of nitrogens with zero attached hydrogens (tertiary/aromatic N) is 1. The second kappa shape index (κ2) is 4.56. The van der Waals surface area contributed by atoms with Gasteiger partial charge in [-0.25, -0.2) is 8.78 Å². The van der Waals surface area contributed by atoms with E-state index < -0.39 is 17.5 Å². The molecule has 1 amide bonds. The van der Waals surface area contributed by atoms with E-state index in [9.17, 15) is 13.6 Å². The number of aromatic amines is 1. The minimum atomic E-state index is -0.897. The van der Waals surface area contributed by atoms with E-state index in [1.54, 1.807) is 13.8 Å². The van der Waals surface area contributed by atoms with E-state index in [1.165, 1.54) is 0 Å². The smallest absolute Gasteiger partial charge is 0.258 e. The lowest BCUT2D eigenvalue weighted by Crippen LogP contribution is -2.14. The number of rotatable bonds is 2. The molecule has 2 rings (SSSR count). The minimum Gasteiger partial charge on any atom is -0.319 e. The molecule has 2 N–H and O–H groups in total. The van der Waals surface area contributed by atoms with Gasteiger partial charge in [-0.2, -0.15) is 5.10 Å². The maximum absolute atomic E-state index is 13.4. The summed E-state index contributed by atoms with van der Waals surface area (Å²) in [5.41, 5.74) is 1.56. The van der Waals surface area contributed by atoms with Crippen LogP contribution >= 0.6 is 0 Å². The number of hydrogen-bond acceptors (Lipinski definition) is 2. The van der Waals surface area contributed by atoms with Gasteiger partial charge < -0.3 is 5.32 Å². The lowest BCUT2D eigenvalue weighted by Gasteiger charge is -2.06. The molecule has 6 heteroatoms. The highest BCUT2D eigenvalue weighted by atomic mass is 19.1. The molecule has 0 aliphatic rings. The second-order valence-corrected chi connectivity index (χ2v) is 3.89. The van der Waals surface area contributed by atoms with Crippen LogP contribution in [0.25, 0.3) is 0 Å². The molecule has 1 aromatic carbocycles. The summed E-state index contributed by atoms with van der Waals surface area (Å²) >= 11 is 0. The predicted octanol–water partition coefficient (Wildman–Crippen LogP) is 2.56. The fourth-order valence-electron chi connectivity index (χ4n) is 1.59. The van der Waals surface area contributed by atoms with Crippen molar-refractivity contribution in [2.45, 2.75) is 13.8 Å². The number of nitrogens with one attached hydrogen (secondary N) is 2. The van der Waals surface area contributed by atoms with Gasteiger partial charge in [0.25, 0.3) is 5.91 Å². The number of anilines is 1. The van der Waals surface area contributed by atoms with Crippen LogP contribution in [0.1, 0.15) is 21.7 Å². The van der Waals surface area contributed by atoms with Gasteiger partial charge in [0.2, 0.25) is 0 Å². The molecule has 94 valence electrons. The first-order valence-electron chi connectivity index (χ1n) is 5.27. The van der Waals surface area contributed by atoms with Crippen molar-refractivity contribution in [1.82, 2.24) is 10.2 Å². The highest BCUT2D eigenvalue weighted by Gasteiger charge is 2.15. The molecule has 1 aromatic heterocycles. The third-order valence-corrected chi connectivity index (χ3v) is 2.54. The zero-order valence-electron chi connectivity index (χ0n) is 9.84. The summed E-state index contributed by atoms with van der Waals surface area (Å²) in [5, 5.41) is 9.14. The normalized spacial score (nSPS) is 10.4. The average molecular weight is 251 g/mol. The Bertz CT molecular complexity index is 588. The zero-order valence-corrected chi connectivity index (χ0v) is 9.84.